The van der Waals surface area contributed by atoms with Crippen molar-refractivity contribution in [2.75, 3.05) is 5.32 Å². The van der Waals surface area contributed by atoms with Crippen LogP contribution in [0.1, 0.15) is 12.6 Å². The highest BCUT2D eigenvalue weighted by molar-refractivity contribution is 5.88. The van der Waals surface area contributed by atoms with E-state index in [0.29, 0.717) is 16.1 Å². The van der Waals surface area contributed by atoms with Crippen molar-refractivity contribution < 1.29 is 22.7 Å². The van der Waals surface area contributed by atoms with E-state index in [9.17, 15) is 18.0 Å². The van der Waals surface area contributed by atoms with Crippen LogP contribution in [0.2, 0.25) is 0 Å². The van der Waals surface area contributed by atoms with Gasteiger partial charge < -0.3 is 10.1 Å². The minimum atomic E-state index is -4.49. The van der Waals surface area contributed by atoms with E-state index >= 15 is 0 Å². The number of alkyl halides is 3. The highest BCUT2D eigenvalue weighted by atomic mass is 19.4. The number of aromatic nitrogens is 2. The number of carbonyl (C=O) groups excluding carboxylic acids is 1. The molecular formula is C13H12F3N3O2. The summed E-state index contributed by atoms with van der Waals surface area (Å²) in [5.41, 5.74) is -0.334. The van der Waals surface area contributed by atoms with Crippen LogP contribution in [0.3, 0.4) is 0 Å². The molecule has 8 heteroatoms. The van der Waals surface area contributed by atoms with Crippen molar-refractivity contribution in [2.24, 2.45) is 7.05 Å². The number of aryl methyl sites for hydroxylation is 1. The third-order valence-electron chi connectivity index (χ3n) is 2.54. The summed E-state index contributed by atoms with van der Waals surface area (Å²) in [6, 6.07) is 7.01. The van der Waals surface area contributed by atoms with Gasteiger partial charge in [0.05, 0.1) is 0 Å². The second-order valence-electron chi connectivity index (χ2n) is 4.30. The molecule has 2 rings (SSSR count). The van der Waals surface area contributed by atoms with E-state index in [-0.39, 0.29) is 11.8 Å². The van der Waals surface area contributed by atoms with Gasteiger partial charge in [-0.1, -0.05) is 0 Å². The Kier molecular flexibility index (Phi) is 3.88. The number of anilines is 1. The standard InChI is InChI=1S/C13H12F3N3O2/c1-8(20)17-9-3-5-10(6-4-9)21-12-7-11(13(14,15)16)19(2)18-12/h3-7H,1-2H3,(H,17,20). The predicted octanol–water partition coefficient (Wildman–Crippen LogP) is 3.19. The summed E-state index contributed by atoms with van der Waals surface area (Å²) < 4.78 is 43.8. The average Bonchev–Trinajstić information content (AvgIpc) is 2.72. The fourth-order valence-corrected chi connectivity index (χ4v) is 1.69. The fraction of sp³-hybridized carbons (Fsp3) is 0.231. The van der Waals surface area contributed by atoms with Crippen molar-refractivity contribution in [3.05, 3.63) is 36.0 Å². The van der Waals surface area contributed by atoms with Crippen LogP contribution in [0.4, 0.5) is 18.9 Å². The van der Waals surface area contributed by atoms with Gasteiger partial charge in [-0.05, 0) is 24.3 Å². The van der Waals surface area contributed by atoms with E-state index in [1.54, 1.807) is 12.1 Å². The van der Waals surface area contributed by atoms with E-state index in [0.717, 1.165) is 6.07 Å². The second-order valence-corrected chi connectivity index (χ2v) is 4.30. The van der Waals surface area contributed by atoms with E-state index in [1.165, 1.54) is 26.1 Å². The number of carbonyl (C=O) groups is 1. The molecule has 0 unspecified atom stereocenters. The van der Waals surface area contributed by atoms with Crippen molar-refractivity contribution in [2.45, 2.75) is 13.1 Å². The summed E-state index contributed by atoms with van der Waals surface area (Å²) in [7, 11) is 1.19. The Balaban J connectivity index is 2.13. The molecule has 0 aliphatic heterocycles. The van der Waals surface area contributed by atoms with Crippen molar-refractivity contribution in [1.82, 2.24) is 9.78 Å². The molecule has 1 N–H and O–H groups in total. The number of benzene rings is 1. The fourth-order valence-electron chi connectivity index (χ4n) is 1.69. The highest BCUT2D eigenvalue weighted by Crippen LogP contribution is 2.32. The van der Waals surface area contributed by atoms with Crippen LogP contribution in [0.15, 0.2) is 30.3 Å². The third-order valence-corrected chi connectivity index (χ3v) is 2.54. The number of hydrogen-bond acceptors (Lipinski definition) is 3. The zero-order valence-corrected chi connectivity index (χ0v) is 11.2. The molecule has 2 aromatic rings. The molecule has 1 aromatic heterocycles. The van der Waals surface area contributed by atoms with Crippen LogP contribution < -0.4 is 10.1 Å². The maximum Gasteiger partial charge on any atom is 0.433 e. The van der Waals surface area contributed by atoms with Gasteiger partial charge in [0.25, 0.3) is 0 Å². The van der Waals surface area contributed by atoms with Crippen LogP contribution >= 0.6 is 0 Å². The quantitative estimate of drug-likeness (QED) is 0.947. The molecule has 1 aromatic carbocycles. The maximum absolute atomic E-state index is 12.6. The molecule has 1 amide bonds. The van der Waals surface area contributed by atoms with Crippen molar-refractivity contribution >= 4 is 11.6 Å². The van der Waals surface area contributed by atoms with Crippen LogP contribution in [0.25, 0.3) is 0 Å². The molecule has 0 saturated carbocycles. The smallest absolute Gasteiger partial charge is 0.433 e. The van der Waals surface area contributed by atoms with E-state index < -0.39 is 11.9 Å². The van der Waals surface area contributed by atoms with Gasteiger partial charge in [-0.2, -0.15) is 13.2 Å². The number of nitrogens with zero attached hydrogens (tertiary/aromatic N) is 2. The number of amides is 1. The minimum absolute atomic E-state index is 0.155. The van der Waals surface area contributed by atoms with Gasteiger partial charge in [-0.15, -0.1) is 5.10 Å². The van der Waals surface area contributed by atoms with Gasteiger partial charge in [0, 0.05) is 25.7 Å². The van der Waals surface area contributed by atoms with Gasteiger partial charge in [0.1, 0.15) is 11.4 Å². The van der Waals surface area contributed by atoms with Gasteiger partial charge >= 0.3 is 6.18 Å². The van der Waals surface area contributed by atoms with Gasteiger partial charge in [-0.3, -0.25) is 9.48 Å². The summed E-state index contributed by atoms with van der Waals surface area (Å²) in [6.07, 6.45) is -4.49. The minimum Gasteiger partial charge on any atom is -0.438 e. The molecule has 0 fully saturated rings. The number of halogens is 3. The lowest BCUT2D eigenvalue weighted by atomic mass is 10.3. The Hall–Kier alpha value is -2.51. The third kappa shape index (κ3) is 3.74. The topological polar surface area (TPSA) is 56.1 Å². The summed E-state index contributed by atoms with van der Waals surface area (Å²) in [6.45, 7) is 1.37. The molecule has 0 radical (unpaired) electrons. The molecule has 0 aliphatic rings. The molecule has 1 heterocycles. The first-order valence-corrected chi connectivity index (χ1v) is 5.92. The number of rotatable bonds is 3. The lowest BCUT2D eigenvalue weighted by Gasteiger charge is -2.04. The molecule has 5 nitrogen and oxygen atoms in total. The largest absolute Gasteiger partial charge is 0.438 e. The molecule has 0 saturated heterocycles. The normalized spacial score (nSPS) is 11.3. The van der Waals surface area contributed by atoms with Gasteiger partial charge in [-0.25, -0.2) is 0 Å². The summed E-state index contributed by atoms with van der Waals surface area (Å²) >= 11 is 0. The van der Waals surface area contributed by atoms with Crippen molar-refractivity contribution in [3.63, 3.8) is 0 Å². The van der Waals surface area contributed by atoms with Crippen LogP contribution in [-0.4, -0.2) is 15.7 Å². The zero-order valence-electron chi connectivity index (χ0n) is 11.2. The van der Waals surface area contributed by atoms with Crippen molar-refractivity contribution in [3.8, 4) is 11.6 Å². The summed E-state index contributed by atoms with van der Waals surface area (Å²) in [4.78, 5) is 10.9. The average molecular weight is 299 g/mol. The van der Waals surface area contributed by atoms with Gasteiger partial charge in [0.2, 0.25) is 11.8 Å². The Labute approximate surface area is 118 Å². The summed E-state index contributed by atoms with van der Waals surface area (Å²) in [5, 5.41) is 6.21. The molecule has 0 aliphatic carbocycles. The Morgan fingerprint density at radius 2 is 1.90 bits per heavy atom. The SMILES string of the molecule is CC(=O)Nc1ccc(Oc2cc(C(F)(F)F)n(C)n2)cc1. The molecule has 112 valence electrons. The first kappa shape index (κ1) is 14.9. The number of nitrogens with one attached hydrogen (secondary N) is 1. The molecule has 0 atom stereocenters. The van der Waals surface area contributed by atoms with Gasteiger partial charge in [0.15, 0.2) is 0 Å². The number of hydrogen-bond donors (Lipinski definition) is 1. The monoisotopic (exact) mass is 299 g/mol. The first-order chi connectivity index (χ1) is 9.75. The lowest BCUT2D eigenvalue weighted by molar-refractivity contribution is -0.143. The second kappa shape index (κ2) is 5.47. The maximum atomic E-state index is 12.6. The molecule has 21 heavy (non-hydrogen) atoms. The van der Waals surface area contributed by atoms with Crippen LogP contribution in [-0.2, 0) is 18.0 Å². The molecule has 0 bridgehead atoms. The Morgan fingerprint density at radius 1 is 1.29 bits per heavy atom. The zero-order chi connectivity index (χ0) is 15.6. The molecule has 0 spiro atoms. The van der Waals surface area contributed by atoms with E-state index in [1.807, 2.05) is 0 Å². The first-order valence-electron chi connectivity index (χ1n) is 5.92. The highest BCUT2D eigenvalue weighted by Gasteiger charge is 2.35. The summed E-state index contributed by atoms with van der Waals surface area (Å²) in [5.74, 6) is -0.0590. The van der Waals surface area contributed by atoms with E-state index in [4.69, 9.17) is 4.74 Å². The number of ether oxygens (including phenoxy) is 1. The Bertz CT molecular complexity index is 648. The predicted molar refractivity (Wildman–Crippen MR) is 69.0 cm³/mol. The van der Waals surface area contributed by atoms with Crippen LogP contribution in [0, 0.1) is 0 Å². The van der Waals surface area contributed by atoms with E-state index in [2.05, 4.69) is 10.4 Å². The lowest BCUT2D eigenvalue weighted by Crippen LogP contribution is -2.11. The Morgan fingerprint density at radius 3 is 2.38 bits per heavy atom. The van der Waals surface area contributed by atoms with Crippen molar-refractivity contribution in [1.29, 1.82) is 0 Å². The molecular weight excluding hydrogens is 287 g/mol. The van der Waals surface area contributed by atoms with Crippen LogP contribution in [0.5, 0.6) is 11.6 Å².